The van der Waals surface area contributed by atoms with Crippen LogP contribution in [0.2, 0.25) is 0 Å². The van der Waals surface area contributed by atoms with Gasteiger partial charge in [-0.25, -0.2) is 9.78 Å². The summed E-state index contributed by atoms with van der Waals surface area (Å²) in [6.45, 7) is 10.8. The zero-order valence-electron chi connectivity index (χ0n) is 14.0. The fraction of sp³-hybridized carbons (Fsp3) is 0.750. The molecular formula is C16H26N2O3S. The van der Waals surface area contributed by atoms with Crippen molar-refractivity contribution in [3.8, 4) is 0 Å². The van der Waals surface area contributed by atoms with Crippen molar-refractivity contribution in [2.45, 2.75) is 59.2 Å². The number of ether oxygens (including phenoxy) is 1. The van der Waals surface area contributed by atoms with Gasteiger partial charge in [0.1, 0.15) is 5.60 Å². The third-order valence-corrected chi connectivity index (χ3v) is 4.97. The lowest BCUT2D eigenvalue weighted by Crippen LogP contribution is -2.36. The van der Waals surface area contributed by atoms with E-state index in [0.29, 0.717) is 19.5 Å². The number of likely N-dealkylation sites (tertiary alicyclic amines) is 1. The molecule has 2 rings (SSSR count). The van der Waals surface area contributed by atoms with E-state index in [9.17, 15) is 9.90 Å². The van der Waals surface area contributed by atoms with Crippen LogP contribution in [0.3, 0.4) is 0 Å². The number of rotatable bonds is 3. The number of thiazole rings is 1. The third-order valence-electron chi connectivity index (χ3n) is 3.88. The van der Waals surface area contributed by atoms with E-state index < -0.39 is 11.7 Å². The highest BCUT2D eigenvalue weighted by molar-refractivity contribution is 7.11. The minimum absolute atomic E-state index is 0.0945. The number of hydrogen-bond donors (Lipinski definition) is 1. The van der Waals surface area contributed by atoms with E-state index in [4.69, 9.17) is 4.74 Å². The average Bonchev–Trinajstić information content (AvgIpc) is 2.95. The first kappa shape index (κ1) is 17.2. The molecule has 1 aromatic rings. The Morgan fingerprint density at radius 3 is 2.73 bits per heavy atom. The minimum Gasteiger partial charge on any atom is -0.444 e. The quantitative estimate of drug-likeness (QED) is 0.927. The molecule has 1 aliphatic heterocycles. The normalized spacial score (nSPS) is 20.3. The fourth-order valence-corrected chi connectivity index (χ4v) is 3.55. The molecule has 1 aromatic heterocycles. The summed E-state index contributed by atoms with van der Waals surface area (Å²) in [5.74, 6) is 0.0945. The van der Waals surface area contributed by atoms with E-state index in [1.165, 1.54) is 4.88 Å². The number of amides is 1. The third kappa shape index (κ3) is 4.43. The van der Waals surface area contributed by atoms with Crippen LogP contribution in [-0.2, 0) is 11.2 Å². The van der Waals surface area contributed by atoms with Crippen LogP contribution in [-0.4, -0.2) is 45.9 Å². The molecule has 0 radical (unpaired) electrons. The van der Waals surface area contributed by atoms with E-state index in [-0.39, 0.29) is 12.0 Å². The van der Waals surface area contributed by atoms with Gasteiger partial charge in [0.05, 0.1) is 16.8 Å². The molecule has 0 saturated carbocycles. The highest BCUT2D eigenvalue weighted by Crippen LogP contribution is 2.26. The molecule has 0 bridgehead atoms. The van der Waals surface area contributed by atoms with Crippen molar-refractivity contribution in [1.29, 1.82) is 0 Å². The maximum atomic E-state index is 12.0. The molecule has 5 nitrogen and oxygen atoms in total. The number of aryl methyl sites for hydroxylation is 2. The Hall–Kier alpha value is -1.14. The van der Waals surface area contributed by atoms with Crippen LogP contribution in [0.25, 0.3) is 0 Å². The van der Waals surface area contributed by atoms with E-state index in [1.807, 2.05) is 34.6 Å². The monoisotopic (exact) mass is 326 g/mol. The van der Waals surface area contributed by atoms with Gasteiger partial charge in [0, 0.05) is 30.3 Å². The van der Waals surface area contributed by atoms with Crippen molar-refractivity contribution >= 4 is 17.4 Å². The van der Waals surface area contributed by atoms with Gasteiger partial charge in [-0.05, 0) is 41.0 Å². The van der Waals surface area contributed by atoms with E-state index in [1.54, 1.807) is 16.2 Å². The highest BCUT2D eigenvalue weighted by atomic mass is 32.1. The molecule has 1 fully saturated rings. The molecule has 2 heterocycles. The summed E-state index contributed by atoms with van der Waals surface area (Å²) in [5, 5.41) is 11.4. The van der Waals surface area contributed by atoms with E-state index in [2.05, 4.69) is 4.98 Å². The first-order valence-corrected chi connectivity index (χ1v) is 8.56. The Balaban J connectivity index is 1.88. The molecule has 1 amide bonds. The number of nitrogens with zero attached hydrogens (tertiary/aromatic N) is 2. The Labute approximate surface area is 136 Å². The van der Waals surface area contributed by atoms with Crippen LogP contribution in [0.1, 0.15) is 42.8 Å². The van der Waals surface area contributed by atoms with Crippen molar-refractivity contribution in [2.24, 2.45) is 5.92 Å². The summed E-state index contributed by atoms with van der Waals surface area (Å²) in [6, 6.07) is 0. The molecule has 6 heteroatoms. The summed E-state index contributed by atoms with van der Waals surface area (Å²) >= 11 is 1.64. The number of hydrogen-bond acceptors (Lipinski definition) is 5. The molecule has 2 atom stereocenters. The molecule has 0 spiro atoms. The van der Waals surface area contributed by atoms with Gasteiger partial charge in [0.15, 0.2) is 0 Å². The summed E-state index contributed by atoms with van der Waals surface area (Å²) in [5.41, 5.74) is 0.554. The van der Waals surface area contributed by atoms with E-state index in [0.717, 1.165) is 17.1 Å². The summed E-state index contributed by atoms with van der Waals surface area (Å²) in [4.78, 5) is 19.4. The zero-order chi connectivity index (χ0) is 16.5. The van der Waals surface area contributed by atoms with Crippen molar-refractivity contribution in [2.75, 3.05) is 13.1 Å². The van der Waals surface area contributed by atoms with Gasteiger partial charge in [-0.2, -0.15) is 0 Å². The van der Waals surface area contributed by atoms with Crippen molar-refractivity contribution < 1.29 is 14.6 Å². The van der Waals surface area contributed by atoms with Crippen molar-refractivity contribution in [1.82, 2.24) is 9.88 Å². The van der Waals surface area contributed by atoms with Gasteiger partial charge in [0.2, 0.25) is 0 Å². The first-order chi connectivity index (χ1) is 10.2. The SMILES string of the molecule is Cc1nc(CC(O)C2CCN(C(=O)OC(C)(C)C)C2)sc1C. The zero-order valence-corrected chi connectivity index (χ0v) is 14.9. The smallest absolute Gasteiger partial charge is 0.410 e. The second-order valence-corrected chi connectivity index (χ2v) is 8.28. The standard InChI is InChI=1S/C16H26N2O3S/c1-10-11(2)22-14(17-10)8-13(19)12-6-7-18(9-12)15(20)21-16(3,4)5/h12-13,19H,6-9H2,1-5H3. The first-order valence-electron chi connectivity index (χ1n) is 7.74. The lowest BCUT2D eigenvalue weighted by Gasteiger charge is -2.25. The van der Waals surface area contributed by atoms with Gasteiger partial charge in [0.25, 0.3) is 0 Å². The molecule has 22 heavy (non-hydrogen) atoms. The predicted molar refractivity (Wildman–Crippen MR) is 87.2 cm³/mol. The highest BCUT2D eigenvalue weighted by Gasteiger charge is 2.33. The Kier molecular flexibility index (Phi) is 5.12. The number of carbonyl (C=O) groups is 1. The predicted octanol–water partition coefficient (Wildman–Crippen LogP) is 2.92. The molecule has 1 N–H and O–H groups in total. The molecule has 1 saturated heterocycles. The van der Waals surface area contributed by atoms with Crippen LogP contribution < -0.4 is 0 Å². The van der Waals surface area contributed by atoms with Crippen LogP contribution in [0.4, 0.5) is 4.79 Å². The topological polar surface area (TPSA) is 62.7 Å². The van der Waals surface area contributed by atoms with Crippen LogP contribution in [0.15, 0.2) is 0 Å². The Morgan fingerprint density at radius 1 is 1.50 bits per heavy atom. The van der Waals surface area contributed by atoms with Gasteiger partial charge < -0.3 is 14.7 Å². The van der Waals surface area contributed by atoms with Crippen molar-refractivity contribution in [3.63, 3.8) is 0 Å². The van der Waals surface area contributed by atoms with Crippen LogP contribution in [0.5, 0.6) is 0 Å². The van der Waals surface area contributed by atoms with Crippen molar-refractivity contribution in [3.05, 3.63) is 15.6 Å². The summed E-state index contributed by atoms with van der Waals surface area (Å²) < 4.78 is 5.38. The van der Waals surface area contributed by atoms with Crippen LogP contribution >= 0.6 is 11.3 Å². The fourth-order valence-electron chi connectivity index (χ4n) is 2.57. The maximum Gasteiger partial charge on any atom is 0.410 e. The van der Waals surface area contributed by atoms with Gasteiger partial charge in [-0.3, -0.25) is 0 Å². The molecular weight excluding hydrogens is 300 g/mol. The molecule has 2 unspecified atom stereocenters. The molecule has 1 aliphatic rings. The van der Waals surface area contributed by atoms with Crippen LogP contribution in [0, 0.1) is 19.8 Å². The second kappa shape index (κ2) is 6.54. The second-order valence-electron chi connectivity index (χ2n) is 7.00. The summed E-state index contributed by atoms with van der Waals surface area (Å²) in [6.07, 6.45) is 0.621. The Morgan fingerprint density at radius 2 is 2.18 bits per heavy atom. The maximum absolute atomic E-state index is 12.0. The van der Waals surface area contributed by atoms with Gasteiger partial charge in [-0.1, -0.05) is 0 Å². The molecule has 0 aromatic carbocycles. The number of carbonyl (C=O) groups excluding carboxylic acids is 1. The van der Waals surface area contributed by atoms with E-state index >= 15 is 0 Å². The molecule has 124 valence electrons. The van der Waals surface area contributed by atoms with Gasteiger partial charge in [-0.15, -0.1) is 11.3 Å². The van der Waals surface area contributed by atoms with Gasteiger partial charge >= 0.3 is 6.09 Å². The summed E-state index contributed by atoms with van der Waals surface area (Å²) in [7, 11) is 0. The average molecular weight is 326 g/mol. The number of aliphatic hydroxyl groups is 1. The minimum atomic E-state index is -0.482. The molecule has 0 aliphatic carbocycles. The number of aromatic nitrogens is 1. The lowest BCUT2D eigenvalue weighted by molar-refractivity contribution is 0.0269. The Bertz CT molecular complexity index is 516. The largest absolute Gasteiger partial charge is 0.444 e. The lowest BCUT2D eigenvalue weighted by atomic mass is 9.99. The number of aliphatic hydroxyl groups excluding tert-OH is 1.